The first kappa shape index (κ1) is 39.4. The second-order valence-electron chi connectivity index (χ2n) is 11.9. The van der Waals surface area contributed by atoms with Crippen LogP contribution >= 0.6 is 0 Å². The van der Waals surface area contributed by atoms with Crippen molar-refractivity contribution in [1.82, 2.24) is 0 Å². The summed E-state index contributed by atoms with van der Waals surface area (Å²) in [6.45, 7) is 1.36. The van der Waals surface area contributed by atoms with Crippen molar-refractivity contribution in [2.24, 2.45) is 11.8 Å². The molecule has 0 aromatic heterocycles. The van der Waals surface area contributed by atoms with Gasteiger partial charge < -0.3 is 20.1 Å². The van der Waals surface area contributed by atoms with E-state index in [9.17, 15) is 39.0 Å². The standard InChI is InChI=1S/C33H56O9/c1-26(34)20-21-27(32(39)40)25-30(36)23-22-28(33(41)42)24-29(35)18-16-14-12-10-8-6-4-2-3-5-7-9-11-13-15-17-19-31(37)38/h27-28H,2-25H2,1H3,(H,37,38)(H,39,40)(H,41,42)/t27-,28-/m1/s1. The maximum Gasteiger partial charge on any atom is 0.306 e. The third-order valence-corrected chi connectivity index (χ3v) is 7.86. The molecular weight excluding hydrogens is 540 g/mol. The van der Waals surface area contributed by atoms with Crippen molar-refractivity contribution in [3.63, 3.8) is 0 Å². The van der Waals surface area contributed by atoms with Crippen LogP contribution in [0.25, 0.3) is 0 Å². The van der Waals surface area contributed by atoms with Crippen LogP contribution in [-0.2, 0) is 28.8 Å². The number of carboxylic acids is 3. The van der Waals surface area contributed by atoms with Gasteiger partial charge in [0.15, 0.2) is 0 Å². The highest BCUT2D eigenvalue weighted by Crippen LogP contribution is 2.20. The Morgan fingerprint density at radius 3 is 1.07 bits per heavy atom. The van der Waals surface area contributed by atoms with E-state index in [4.69, 9.17) is 5.11 Å². The Hall–Kier alpha value is -2.58. The Bertz CT molecular complexity index is 805. The van der Waals surface area contributed by atoms with E-state index in [1.54, 1.807) is 0 Å². The third-order valence-electron chi connectivity index (χ3n) is 7.86. The second kappa shape index (κ2) is 26.1. The van der Waals surface area contributed by atoms with Crippen LogP contribution in [-0.4, -0.2) is 50.6 Å². The smallest absolute Gasteiger partial charge is 0.306 e. The van der Waals surface area contributed by atoms with E-state index in [0.717, 1.165) is 44.9 Å². The van der Waals surface area contributed by atoms with Gasteiger partial charge in [0, 0.05) is 38.5 Å². The molecule has 0 aliphatic heterocycles. The highest BCUT2D eigenvalue weighted by Gasteiger charge is 2.25. The van der Waals surface area contributed by atoms with Gasteiger partial charge in [-0.1, -0.05) is 89.9 Å². The highest BCUT2D eigenvalue weighted by molar-refractivity contribution is 5.86. The van der Waals surface area contributed by atoms with E-state index in [0.29, 0.717) is 6.42 Å². The molecule has 0 spiro atoms. The SMILES string of the molecule is CC(=O)CC[C@H](CC(=O)CC[C@H](CC(=O)CCCCCCCCCCCCCCCCCCC(=O)O)C(=O)O)C(=O)O. The number of unbranched alkanes of at least 4 members (excludes halogenated alkanes) is 15. The molecular formula is C33H56O9. The predicted molar refractivity (Wildman–Crippen MR) is 161 cm³/mol. The predicted octanol–water partition coefficient (Wildman–Crippen LogP) is 7.56. The molecule has 0 aromatic rings. The molecule has 0 bridgehead atoms. The van der Waals surface area contributed by atoms with Crippen LogP contribution in [0.1, 0.15) is 161 Å². The fraction of sp³-hybridized carbons (Fsp3) is 0.818. The van der Waals surface area contributed by atoms with Gasteiger partial charge in [0.2, 0.25) is 0 Å². The number of carbonyl (C=O) groups is 6. The minimum atomic E-state index is -1.14. The van der Waals surface area contributed by atoms with E-state index in [-0.39, 0.29) is 62.3 Å². The van der Waals surface area contributed by atoms with Crippen LogP contribution in [0.4, 0.5) is 0 Å². The molecule has 2 atom stereocenters. The van der Waals surface area contributed by atoms with Gasteiger partial charge in [-0.15, -0.1) is 0 Å². The largest absolute Gasteiger partial charge is 0.481 e. The lowest BCUT2D eigenvalue weighted by Crippen LogP contribution is -2.22. The molecule has 0 amide bonds. The van der Waals surface area contributed by atoms with Crippen LogP contribution in [0, 0.1) is 11.8 Å². The zero-order chi connectivity index (χ0) is 31.6. The lowest BCUT2D eigenvalue weighted by atomic mass is 9.90. The summed E-state index contributed by atoms with van der Waals surface area (Å²) in [5.74, 6) is -5.48. The number of carboxylic acid groups (broad SMARTS) is 3. The summed E-state index contributed by atoms with van der Waals surface area (Å²) in [7, 11) is 0. The summed E-state index contributed by atoms with van der Waals surface area (Å²) in [6, 6.07) is 0. The van der Waals surface area contributed by atoms with Crippen molar-refractivity contribution >= 4 is 35.3 Å². The van der Waals surface area contributed by atoms with Gasteiger partial charge in [-0.05, 0) is 32.6 Å². The number of carbonyl (C=O) groups excluding carboxylic acids is 3. The lowest BCUT2D eigenvalue weighted by Gasteiger charge is -2.13. The zero-order valence-electron chi connectivity index (χ0n) is 25.9. The lowest BCUT2D eigenvalue weighted by molar-refractivity contribution is -0.145. The van der Waals surface area contributed by atoms with Crippen LogP contribution in [0.3, 0.4) is 0 Å². The average Bonchev–Trinajstić information content (AvgIpc) is 2.91. The molecule has 0 aliphatic rings. The Kier molecular flexibility index (Phi) is 24.5. The number of rotatable bonds is 31. The molecule has 3 N–H and O–H groups in total. The molecule has 0 saturated heterocycles. The minimum absolute atomic E-state index is 0.00906. The van der Waals surface area contributed by atoms with Crippen molar-refractivity contribution in [2.45, 2.75) is 161 Å². The zero-order valence-corrected chi connectivity index (χ0v) is 25.9. The molecule has 0 rings (SSSR count). The maximum atomic E-state index is 12.3. The molecule has 0 heterocycles. The number of aliphatic carboxylic acids is 3. The molecule has 0 aromatic carbocycles. The molecule has 0 saturated carbocycles. The van der Waals surface area contributed by atoms with Crippen LogP contribution in [0.5, 0.6) is 0 Å². The third kappa shape index (κ3) is 25.2. The number of ketones is 3. The molecule has 0 aliphatic carbocycles. The molecule has 0 radical (unpaired) electrons. The van der Waals surface area contributed by atoms with E-state index in [1.807, 2.05) is 0 Å². The fourth-order valence-electron chi connectivity index (χ4n) is 5.17. The van der Waals surface area contributed by atoms with Gasteiger partial charge in [0.1, 0.15) is 17.3 Å². The summed E-state index contributed by atoms with van der Waals surface area (Å²) in [4.78, 5) is 69.1. The van der Waals surface area contributed by atoms with E-state index in [1.165, 1.54) is 64.7 Å². The monoisotopic (exact) mass is 596 g/mol. The van der Waals surface area contributed by atoms with Gasteiger partial charge in [0.05, 0.1) is 11.8 Å². The first-order valence-electron chi connectivity index (χ1n) is 16.2. The normalized spacial score (nSPS) is 12.5. The van der Waals surface area contributed by atoms with Crippen molar-refractivity contribution < 1.29 is 44.1 Å². The van der Waals surface area contributed by atoms with E-state index >= 15 is 0 Å². The molecule has 242 valence electrons. The number of hydrogen-bond donors (Lipinski definition) is 3. The number of Topliss-reactive ketones (excluding diaryl/α,β-unsaturated/α-hetero) is 3. The van der Waals surface area contributed by atoms with Crippen molar-refractivity contribution in [3.8, 4) is 0 Å². The van der Waals surface area contributed by atoms with Gasteiger partial charge >= 0.3 is 17.9 Å². The summed E-state index contributed by atoms with van der Waals surface area (Å²) < 4.78 is 0. The van der Waals surface area contributed by atoms with Crippen molar-refractivity contribution in [3.05, 3.63) is 0 Å². The van der Waals surface area contributed by atoms with Gasteiger partial charge in [-0.3, -0.25) is 24.0 Å². The fourth-order valence-corrected chi connectivity index (χ4v) is 5.17. The summed E-state index contributed by atoms with van der Waals surface area (Å²) in [6.07, 6.45) is 18.4. The van der Waals surface area contributed by atoms with Gasteiger partial charge in [0.25, 0.3) is 0 Å². The Balaban J connectivity index is 3.80. The first-order valence-corrected chi connectivity index (χ1v) is 16.2. The Morgan fingerprint density at radius 1 is 0.429 bits per heavy atom. The highest BCUT2D eigenvalue weighted by atomic mass is 16.4. The van der Waals surface area contributed by atoms with Gasteiger partial charge in [-0.2, -0.15) is 0 Å². The van der Waals surface area contributed by atoms with Crippen LogP contribution in [0.15, 0.2) is 0 Å². The van der Waals surface area contributed by atoms with Crippen LogP contribution < -0.4 is 0 Å². The van der Waals surface area contributed by atoms with E-state index < -0.39 is 29.7 Å². The van der Waals surface area contributed by atoms with Crippen molar-refractivity contribution in [2.75, 3.05) is 0 Å². The number of hydrogen-bond acceptors (Lipinski definition) is 6. The first-order chi connectivity index (χ1) is 20.0. The maximum absolute atomic E-state index is 12.3. The second-order valence-corrected chi connectivity index (χ2v) is 11.9. The quantitative estimate of drug-likeness (QED) is 0.0685. The average molecular weight is 597 g/mol. The summed E-state index contributed by atoms with van der Waals surface area (Å²) in [5, 5.41) is 27.3. The van der Waals surface area contributed by atoms with E-state index in [2.05, 4.69) is 0 Å². The Morgan fingerprint density at radius 2 is 0.738 bits per heavy atom. The van der Waals surface area contributed by atoms with Gasteiger partial charge in [-0.25, -0.2) is 0 Å². The molecule has 0 unspecified atom stereocenters. The summed E-state index contributed by atoms with van der Waals surface area (Å²) >= 11 is 0. The molecule has 42 heavy (non-hydrogen) atoms. The van der Waals surface area contributed by atoms with Crippen molar-refractivity contribution in [1.29, 1.82) is 0 Å². The molecule has 9 nitrogen and oxygen atoms in total. The minimum Gasteiger partial charge on any atom is -0.481 e. The topological polar surface area (TPSA) is 163 Å². The summed E-state index contributed by atoms with van der Waals surface area (Å²) in [5.41, 5.74) is 0. The Labute approximate surface area is 252 Å². The van der Waals surface area contributed by atoms with Crippen LogP contribution in [0.2, 0.25) is 0 Å². The molecule has 0 fully saturated rings. The molecule has 9 heteroatoms.